The normalized spacial score (nSPS) is 10.3. The summed E-state index contributed by atoms with van der Waals surface area (Å²) in [6, 6.07) is 4.20. The first-order valence-electron chi connectivity index (χ1n) is 5.94. The molecule has 0 saturated carbocycles. The molecule has 0 fully saturated rings. The summed E-state index contributed by atoms with van der Waals surface area (Å²) >= 11 is 0. The zero-order valence-electron chi connectivity index (χ0n) is 10.4. The van der Waals surface area contributed by atoms with E-state index in [0.717, 1.165) is 12.8 Å². The van der Waals surface area contributed by atoms with E-state index in [1.165, 1.54) is 12.1 Å². The molecule has 0 bridgehead atoms. The molecule has 0 atom stereocenters. The molecule has 0 aliphatic rings. The summed E-state index contributed by atoms with van der Waals surface area (Å²) in [5.41, 5.74) is 5.81. The van der Waals surface area contributed by atoms with Crippen LogP contribution < -0.4 is 5.73 Å². The molecule has 0 spiro atoms. The van der Waals surface area contributed by atoms with Crippen LogP contribution in [-0.4, -0.2) is 23.9 Å². The van der Waals surface area contributed by atoms with Gasteiger partial charge in [0.15, 0.2) is 0 Å². The standard InChI is InChI=1S/C13H19FN2O/c1-3-7-16(8-4-2)13(17)10-5-6-12(15)11(14)9-10/h5-6,9H,3-4,7-8,15H2,1-2H3. The van der Waals surface area contributed by atoms with Crippen LogP contribution in [0, 0.1) is 5.82 Å². The minimum atomic E-state index is -0.538. The molecule has 4 heteroatoms. The first kappa shape index (κ1) is 13.5. The van der Waals surface area contributed by atoms with Gasteiger partial charge >= 0.3 is 0 Å². The number of nitrogens with two attached hydrogens (primary N) is 1. The van der Waals surface area contributed by atoms with Gasteiger partial charge in [-0.3, -0.25) is 4.79 Å². The Bertz CT molecular complexity index is 387. The molecule has 94 valence electrons. The SMILES string of the molecule is CCCN(CCC)C(=O)c1ccc(N)c(F)c1. The Morgan fingerprint density at radius 3 is 2.35 bits per heavy atom. The highest BCUT2D eigenvalue weighted by Crippen LogP contribution is 2.14. The van der Waals surface area contributed by atoms with Gasteiger partial charge in [-0.2, -0.15) is 0 Å². The Morgan fingerprint density at radius 2 is 1.88 bits per heavy atom. The molecule has 1 aromatic carbocycles. The summed E-state index contributed by atoms with van der Waals surface area (Å²) in [4.78, 5) is 13.8. The zero-order chi connectivity index (χ0) is 12.8. The van der Waals surface area contributed by atoms with Crippen molar-refractivity contribution in [1.82, 2.24) is 4.90 Å². The number of amides is 1. The van der Waals surface area contributed by atoms with Gasteiger partial charge in [0.1, 0.15) is 5.82 Å². The largest absolute Gasteiger partial charge is 0.396 e. The van der Waals surface area contributed by atoms with Crippen LogP contribution in [0.2, 0.25) is 0 Å². The molecule has 0 aliphatic carbocycles. The maximum absolute atomic E-state index is 13.3. The molecule has 0 unspecified atom stereocenters. The number of benzene rings is 1. The van der Waals surface area contributed by atoms with Crippen molar-refractivity contribution in [3.8, 4) is 0 Å². The number of hydrogen-bond acceptors (Lipinski definition) is 2. The van der Waals surface area contributed by atoms with Gasteiger partial charge in [-0.05, 0) is 31.0 Å². The molecule has 1 amide bonds. The van der Waals surface area contributed by atoms with Crippen LogP contribution in [0.15, 0.2) is 18.2 Å². The van der Waals surface area contributed by atoms with Gasteiger partial charge in [0.05, 0.1) is 5.69 Å². The van der Waals surface area contributed by atoms with E-state index in [0.29, 0.717) is 18.7 Å². The van der Waals surface area contributed by atoms with Crippen LogP contribution in [0.1, 0.15) is 37.0 Å². The van der Waals surface area contributed by atoms with Gasteiger partial charge in [0.25, 0.3) is 5.91 Å². The minimum absolute atomic E-state index is 0.0686. The van der Waals surface area contributed by atoms with Crippen molar-refractivity contribution < 1.29 is 9.18 Å². The zero-order valence-corrected chi connectivity index (χ0v) is 10.4. The number of anilines is 1. The minimum Gasteiger partial charge on any atom is -0.396 e. The first-order valence-corrected chi connectivity index (χ1v) is 5.94. The summed E-state index contributed by atoms with van der Waals surface area (Å²) in [6.07, 6.45) is 1.78. The van der Waals surface area contributed by atoms with E-state index in [-0.39, 0.29) is 11.6 Å². The number of nitrogens with zero attached hydrogens (tertiary/aromatic N) is 1. The average molecular weight is 238 g/mol. The van der Waals surface area contributed by atoms with Gasteiger partial charge in [-0.1, -0.05) is 13.8 Å². The molecule has 1 rings (SSSR count). The number of hydrogen-bond donors (Lipinski definition) is 1. The molecule has 1 aromatic rings. The quantitative estimate of drug-likeness (QED) is 0.802. The number of carbonyl (C=O) groups excluding carboxylic acids is 1. The van der Waals surface area contributed by atoms with Crippen molar-refractivity contribution in [2.45, 2.75) is 26.7 Å². The number of nitrogen functional groups attached to an aromatic ring is 1. The van der Waals surface area contributed by atoms with Crippen molar-refractivity contribution in [3.63, 3.8) is 0 Å². The highest BCUT2D eigenvalue weighted by Gasteiger charge is 2.15. The van der Waals surface area contributed by atoms with Crippen molar-refractivity contribution in [3.05, 3.63) is 29.6 Å². The van der Waals surface area contributed by atoms with E-state index < -0.39 is 5.82 Å². The number of halogens is 1. The Hall–Kier alpha value is -1.58. The fourth-order valence-corrected chi connectivity index (χ4v) is 1.70. The molecule has 0 saturated heterocycles. The molecule has 0 radical (unpaired) electrons. The topological polar surface area (TPSA) is 46.3 Å². The fourth-order valence-electron chi connectivity index (χ4n) is 1.70. The fraction of sp³-hybridized carbons (Fsp3) is 0.462. The summed E-state index contributed by atoms with van der Waals surface area (Å²) < 4.78 is 13.3. The predicted molar refractivity (Wildman–Crippen MR) is 67.3 cm³/mol. The van der Waals surface area contributed by atoms with E-state index in [4.69, 9.17) is 5.73 Å². The van der Waals surface area contributed by atoms with Gasteiger partial charge < -0.3 is 10.6 Å². The Kier molecular flexibility index (Phi) is 4.94. The maximum Gasteiger partial charge on any atom is 0.253 e. The van der Waals surface area contributed by atoms with E-state index in [1.54, 1.807) is 11.0 Å². The van der Waals surface area contributed by atoms with E-state index in [9.17, 15) is 9.18 Å². The predicted octanol–water partition coefficient (Wildman–Crippen LogP) is 2.67. The second-order valence-corrected chi connectivity index (χ2v) is 4.03. The summed E-state index contributed by atoms with van der Waals surface area (Å²) in [7, 11) is 0. The van der Waals surface area contributed by atoms with E-state index in [1.807, 2.05) is 13.8 Å². The van der Waals surface area contributed by atoms with Crippen molar-refractivity contribution in [2.75, 3.05) is 18.8 Å². The van der Waals surface area contributed by atoms with Gasteiger partial charge in [-0.15, -0.1) is 0 Å². The van der Waals surface area contributed by atoms with Crippen LogP contribution in [0.5, 0.6) is 0 Å². The van der Waals surface area contributed by atoms with E-state index >= 15 is 0 Å². The molecule has 17 heavy (non-hydrogen) atoms. The lowest BCUT2D eigenvalue weighted by molar-refractivity contribution is 0.0755. The lowest BCUT2D eigenvalue weighted by atomic mass is 10.1. The smallest absolute Gasteiger partial charge is 0.253 e. The third-order valence-electron chi connectivity index (χ3n) is 2.52. The van der Waals surface area contributed by atoms with Crippen LogP contribution in [0.4, 0.5) is 10.1 Å². The van der Waals surface area contributed by atoms with Crippen LogP contribution >= 0.6 is 0 Å². The van der Waals surface area contributed by atoms with Gasteiger partial charge in [0.2, 0.25) is 0 Å². The molecule has 2 N–H and O–H groups in total. The van der Waals surface area contributed by atoms with Gasteiger partial charge in [0, 0.05) is 18.7 Å². The summed E-state index contributed by atoms with van der Waals surface area (Å²) in [6.45, 7) is 5.41. The Labute approximate surface area is 101 Å². The van der Waals surface area contributed by atoms with Crippen molar-refractivity contribution in [2.24, 2.45) is 0 Å². The highest BCUT2D eigenvalue weighted by molar-refractivity contribution is 5.94. The summed E-state index contributed by atoms with van der Waals surface area (Å²) in [5, 5.41) is 0. The monoisotopic (exact) mass is 238 g/mol. The molecule has 0 aliphatic heterocycles. The number of carbonyl (C=O) groups is 1. The Balaban J connectivity index is 2.88. The highest BCUT2D eigenvalue weighted by atomic mass is 19.1. The molecule has 0 aromatic heterocycles. The third-order valence-corrected chi connectivity index (χ3v) is 2.52. The Morgan fingerprint density at radius 1 is 1.29 bits per heavy atom. The first-order chi connectivity index (χ1) is 8.10. The lowest BCUT2D eigenvalue weighted by Crippen LogP contribution is -2.32. The van der Waals surface area contributed by atoms with Crippen molar-refractivity contribution in [1.29, 1.82) is 0 Å². The van der Waals surface area contributed by atoms with E-state index in [2.05, 4.69) is 0 Å². The second kappa shape index (κ2) is 6.23. The maximum atomic E-state index is 13.3. The van der Waals surface area contributed by atoms with Crippen LogP contribution in [-0.2, 0) is 0 Å². The van der Waals surface area contributed by atoms with Crippen molar-refractivity contribution >= 4 is 11.6 Å². The summed E-state index contributed by atoms with van der Waals surface area (Å²) in [5.74, 6) is -0.670. The second-order valence-electron chi connectivity index (χ2n) is 4.03. The molecule has 0 heterocycles. The number of rotatable bonds is 5. The molecular formula is C13H19FN2O. The van der Waals surface area contributed by atoms with Gasteiger partial charge in [-0.25, -0.2) is 4.39 Å². The third kappa shape index (κ3) is 3.44. The van der Waals surface area contributed by atoms with Crippen LogP contribution in [0.3, 0.4) is 0 Å². The average Bonchev–Trinajstić information content (AvgIpc) is 2.31. The van der Waals surface area contributed by atoms with Crippen LogP contribution in [0.25, 0.3) is 0 Å². The molecular weight excluding hydrogens is 219 g/mol. The lowest BCUT2D eigenvalue weighted by Gasteiger charge is -2.21. The molecule has 3 nitrogen and oxygen atoms in total.